The molecule has 1 aliphatic carbocycles. The van der Waals surface area contributed by atoms with Crippen LogP contribution in [-0.2, 0) is 16.0 Å². The van der Waals surface area contributed by atoms with Gasteiger partial charge in [0.25, 0.3) is 0 Å². The van der Waals surface area contributed by atoms with Crippen molar-refractivity contribution in [3.63, 3.8) is 0 Å². The van der Waals surface area contributed by atoms with Crippen LogP contribution in [0.25, 0.3) is 0 Å². The summed E-state index contributed by atoms with van der Waals surface area (Å²) in [6.45, 7) is 0.469. The zero-order valence-electron chi connectivity index (χ0n) is 12.6. The molecular formula is C17H22ClNO3. The number of hydrogen-bond acceptors (Lipinski definition) is 2. The Hall–Kier alpha value is -1.55. The van der Waals surface area contributed by atoms with Crippen molar-refractivity contribution in [2.75, 3.05) is 6.54 Å². The Morgan fingerprint density at radius 3 is 2.55 bits per heavy atom. The molecule has 0 aliphatic heterocycles. The van der Waals surface area contributed by atoms with E-state index in [9.17, 15) is 14.7 Å². The zero-order valence-corrected chi connectivity index (χ0v) is 13.3. The summed E-state index contributed by atoms with van der Waals surface area (Å²) in [5.41, 5.74) is 1.07. The van der Waals surface area contributed by atoms with Crippen molar-refractivity contribution in [1.29, 1.82) is 0 Å². The van der Waals surface area contributed by atoms with Gasteiger partial charge in [0.15, 0.2) is 0 Å². The predicted octanol–water partition coefficient (Wildman–Crippen LogP) is 3.28. The first-order valence-corrected chi connectivity index (χ1v) is 8.18. The lowest BCUT2D eigenvalue weighted by Crippen LogP contribution is -2.37. The van der Waals surface area contributed by atoms with Crippen LogP contribution in [0.2, 0.25) is 5.02 Å². The number of hydrogen-bond donors (Lipinski definition) is 2. The fraction of sp³-hybridized carbons (Fsp3) is 0.529. The number of rotatable bonds is 6. The molecule has 4 nitrogen and oxygen atoms in total. The van der Waals surface area contributed by atoms with Crippen molar-refractivity contribution < 1.29 is 14.7 Å². The summed E-state index contributed by atoms with van der Waals surface area (Å²) in [5.74, 6) is -1.01. The summed E-state index contributed by atoms with van der Waals surface area (Å²) < 4.78 is 0. The molecule has 2 atom stereocenters. The molecule has 1 saturated carbocycles. The summed E-state index contributed by atoms with van der Waals surface area (Å²) in [5, 5.41) is 12.8. The van der Waals surface area contributed by atoms with Crippen LogP contribution in [0.5, 0.6) is 0 Å². The van der Waals surface area contributed by atoms with Gasteiger partial charge in [0.2, 0.25) is 5.91 Å². The first-order chi connectivity index (χ1) is 10.6. The van der Waals surface area contributed by atoms with Crippen molar-refractivity contribution in [2.45, 2.75) is 38.5 Å². The van der Waals surface area contributed by atoms with Crippen LogP contribution in [0, 0.1) is 11.8 Å². The first-order valence-electron chi connectivity index (χ1n) is 7.80. The van der Waals surface area contributed by atoms with Crippen LogP contribution in [0.4, 0.5) is 0 Å². The minimum absolute atomic E-state index is 0.0235. The average Bonchev–Trinajstić information content (AvgIpc) is 2.52. The molecule has 0 aromatic heterocycles. The minimum atomic E-state index is -0.736. The molecule has 120 valence electrons. The van der Waals surface area contributed by atoms with Gasteiger partial charge in [-0.3, -0.25) is 9.59 Å². The molecule has 1 amide bonds. The molecule has 1 fully saturated rings. The number of carboxylic acids is 1. The molecule has 0 heterocycles. The Morgan fingerprint density at radius 1 is 1.18 bits per heavy atom. The van der Waals surface area contributed by atoms with Gasteiger partial charge in [-0.05, 0) is 42.9 Å². The Balaban J connectivity index is 1.74. The van der Waals surface area contributed by atoms with E-state index in [4.69, 9.17) is 11.6 Å². The largest absolute Gasteiger partial charge is 0.481 e. The van der Waals surface area contributed by atoms with E-state index in [0.717, 1.165) is 31.2 Å². The van der Waals surface area contributed by atoms with E-state index in [2.05, 4.69) is 5.32 Å². The van der Waals surface area contributed by atoms with Crippen LogP contribution >= 0.6 is 11.6 Å². The lowest BCUT2D eigenvalue weighted by Gasteiger charge is -2.28. The molecule has 1 aliphatic rings. The normalized spacial score (nSPS) is 21.3. The molecule has 0 unspecified atom stereocenters. The first kappa shape index (κ1) is 16.8. The fourth-order valence-electron chi connectivity index (χ4n) is 3.02. The average molecular weight is 324 g/mol. The number of halogens is 1. The number of aliphatic carboxylic acids is 1. The van der Waals surface area contributed by atoms with Gasteiger partial charge in [-0.2, -0.15) is 0 Å². The van der Waals surface area contributed by atoms with E-state index in [1.165, 1.54) is 0 Å². The van der Waals surface area contributed by atoms with Gasteiger partial charge in [0.1, 0.15) is 0 Å². The van der Waals surface area contributed by atoms with E-state index in [0.29, 0.717) is 24.4 Å². The summed E-state index contributed by atoms with van der Waals surface area (Å²) in [7, 11) is 0. The van der Waals surface area contributed by atoms with Crippen molar-refractivity contribution in [2.24, 2.45) is 11.8 Å². The molecular weight excluding hydrogens is 302 g/mol. The molecule has 2 N–H and O–H groups in total. The number of carbonyl (C=O) groups is 2. The Morgan fingerprint density at radius 2 is 1.86 bits per heavy atom. The number of nitrogens with one attached hydrogen (secondary N) is 1. The second-order valence-corrected chi connectivity index (χ2v) is 6.36. The maximum atomic E-state index is 11.9. The maximum absolute atomic E-state index is 11.9. The van der Waals surface area contributed by atoms with Crippen molar-refractivity contribution >= 4 is 23.5 Å². The topological polar surface area (TPSA) is 66.4 Å². The van der Waals surface area contributed by atoms with E-state index < -0.39 is 5.97 Å². The van der Waals surface area contributed by atoms with E-state index in [1.807, 2.05) is 24.3 Å². The van der Waals surface area contributed by atoms with Gasteiger partial charge in [0.05, 0.1) is 5.92 Å². The summed E-state index contributed by atoms with van der Waals surface area (Å²) in [6.07, 6.45) is 4.70. The Labute approximate surface area is 135 Å². The number of benzene rings is 1. The molecule has 22 heavy (non-hydrogen) atoms. The molecule has 1 aromatic carbocycles. The highest BCUT2D eigenvalue weighted by atomic mass is 35.5. The highest BCUT2D eigenvalue weighted by Crippen LogP contribution is 2.29. The van der Waals surface area contributed by atoms with Crippen LogP contribution in [0.15, 0.2) is 24.3 Å². The standard InChI is InChI=1S/C17H22ClNO3/c18-14-8-5-12(6-9-14)7-10-16(20)19-11-13-3-1-2-4-15(13)17(21)22/h5-6,8-9,13,15H,1-4,7,10-11H2,(H,19,20)(H,21,22)/t13-,15-/m0/s1. The Bertz CT molecular complexity index is 515. The van der Waals surface area contributed by atoms with Gasteiger partial charge >= 0.3 is 5.97 Å². The molecule has 5 heteroatoms. The smallest absolute Gasteiger partial charge is 0.306 e. The molecule has 0 bridgehead atoms. The molecule has 1 aromatic rings. The SMILES string of the molecule is O=C(CCc1ccc(Cl)cc1)NC[C@@H]1CCCC[C@@H]1C(=O)O. The van der Waals surface area contributed by atoms with Gasteiger partial charge in [-0.1, -0.05) is 36.6 Å². The van der Waals surface area contributed by atoms with Crippen LogP contribution in [-0.4, -0.2) is 23.5 Å². The zero-order chi connectivity index (χ0) is 15.9. The molecule has 0 saturated heterocycles. The monoisotopic (exact) mass is 323 g/mol. The third-order valence-corrected chi connectivity index (χ3v) is 4.59. The third kappa shape index (κ3) is 5.02. The van der Waals surface area contributed by atoms with Crippen molar-refractivity contribution in [1.82, 2.24) is 5.32 Å². The minimum Gasteiger partial charge on any atom is -0.481 e. The predicted molar refractivity (Wildman–Crippen MR) is 85.9 cm³/mol. The highest BCUT2D eigenvalue weighted by Gasteiger charge is 2.30. The molecule has 2 rings (SSSR count). The highest BCUT2D eigenvalue weighted by molar-refractivity contribution is 6.30. The van der Waals surface area contributed by atoms with Gasteiger partial charge < -0.3 is 10.4 Å². The van der Waals surface area contributed by atoms with Crippen LogP contribution in [0.1, 0.15) is 37.7 Å². The molecule has 0 spiro atoms. The van der Waals surface area contributed by atoms with Crippen LogP contribution in [0.3, 0.4) is 0 Å². The van der Waals surface area contributed by atoms with Crippen LogP contribution < -0.4 is 5.32 Å². The second-order valence-electron chi connectivity index (χ2n) is 5.92. The fourth-order valence-corrected chi connectivity index (χ4v) is 3.15. The summed E-state index contributed by atoms with van der Waals surface area (Å²) in [4.78, 5) is 23.1. The van der Waals surface area contributed by atoms with Gasteiger partial charge in [-0.25, -0.2) is 0 Å². The second kappa shape index (κ2) is 8.18. The van der Waals surface area contributed by atoms with E-state index >= 15 is 0 Å². The lowest BCUT2D eigenvalue weighted by atomic mass is 9.79. The van der Waals surface area contributed by atoms with Gasteiger partial charge in [-0.15, -0.1) is 0 Å². The van der Waals surface area contributed by atoms with E-state index in [1.54, 1.807) is 0 Å². The summed E-state index contributed by atoms with van der Waals surface area (Å²) in [6, 6.07) is 7.46. The number of aryl methyl sites for hydroxylation is 1. The number of carboxylic acid groups (broad SMARTS) is 1. The lowest BCUT2D eigenvalue weighted by molar-refractivity contribution is -0.145. The van der Waals surface area contributed by atoms with E-state index in [-0.39, 0.29) is 17.7 Å². The quantitative estimate of drug-likeness (QED) is 0.844. The maximum Gasteiger partial charge on any atom is 0.306 e. The summed E-state index contributed by atoms with van der Waals surface area (Å²) >= 11 is 5.82. The van der Waals surface area contributed by atoms with Gasteiger partial charge in [0, 0.05) is 18.0 Å². The number of amides is 1. The van der Waals surface area contributed by atoms with Crippen molar-refractivity contribution in [3.8, 4) is 0 Å². The Kier molecular flexibility index (Phi) is 6.25. The number of carbonyl (C=O) groups excluding carboxylic acids is 1. The third-order valence-electron chi connectivity index (χ3n) is 4.34. The molecule has 0 radical (unpaired) electrons. The van der Waals surface area contributed by atoms with Crippen molar-refractivity contribution in [3.05, 3.63) is 34.9 Å².